The first kappa shape index (κ1) is 17.7. The van der Waals surface area contributed by atoms with Gasteiger partial charge in [0.25, 0.3) is 0 Å². The average Bonchev–Trinajstić information content (AvgIpc) is 2.68. The maximum atomic E-state index is 13.1. The molecule has 1 aliphatic rings. The van der Waals surface area contributed by atoms with Gasteiger partial charge in [-0.15, -0.1) is 5.73 Å². The topological polar surface area (TPSA) is 52.6 Å². The lowest BCUT2D eigenvalue weighted by atomic mass is 9.81. The Bertz CT molecular complexity index is 863. The number of carbonyl (C=O) groups is 2. The number of esters is 1. The molecule has 4 nitrogen and oxygen atoms in total. The van der Waals surface area contributed by atoms with E-state index in [9.17, 15) is 9.59 Å². The van der Waals surface area contributed by atoms with E-state index in [-0.39, 0.29) is 24.4 Å². The lowest BCUT2D eigenvalue weighted by Crippen LogP contribution is -2.32. The minimum Gasteiger partial charge on any atom is -0.484 e. The Labute approximate surface area is 152 Å². The molecule has 0 N–H and O–H groups in total. The van der Waals surface area contributed by atoms with Crippen LogP contribution >= 0.6 is 0 Å². The fourth-order valence-corrected chi connectivity index (χ4v) is 3.14. The molecule has 132 valence electrons. The second-order valence-corrected chi connectivity index (χ2v) is 6.00. The van der Waals surface area contributed by atoms with Gasteiger partial charge < -0.3 is 9.47 Å². The zero-order valence-electron chi connectivity index (χ0n) is 14.6. The highest BCUT2D eigenvalue weighted by atomic mass is 16.5. The van der Waals surface area contributed by atoms with Crippen molar-refractivity contribution in [3.63, 3.8) is 0 Å². The first-order chi connectivity index (χ1) is 12.7. The predicted octanol–water partition coefficient (Wildman–Crippen LogP) is 4.28. The van der Waals surface area contributed by atoms with E-state index in [0.717, 1.165) is 5.56 Å². The molecular weight excluding hydrogens is 328 g/mol. The van der Waals surface area contributed by atoms with Gasteiger partial charge in [0.1, 0.15) is 11.9 Å². The molecule has 26 heavy (non-hydrogen) atoms. The molecule has 0 amide bonds. The number of hydrogen-bond donors (Lipinski definition) is 0. The van der Waals surface area contributed by atoms with Gasteiger partial charge in [0, 0.05) is 6.42 Å². The van der Waals surface area contributed by atoms with Gasteiger partial charge in [-0.05, 0) is 24.6 Å². The van der Waals surface area contributed by atoms with Crippen LogP contribution in [-0.4, -0.2) is 18.4 Å². The van der Waals surface area contributed by atoms with Crippen LogP contribution in [0, 0.1) is 5.92 Å². The van der Waals surface area contributed by atoms with E-state index in [1.165, 1.54) is 0 Å². The predicted molar refractivity (Wildman–Crippen MR) is 98.0 cm³/mol. The molecule has 0 aromatic heterocycles. The fraction of sp³-hybridized carbons (Fsp3) is 0.227. The zero-order valence-corrected chi connectivity index (χ0v) is 14.6. The fourth-order valence-electron chi connectivity index (χ4n) is 3.14. The van der Waals surface area contributed by atoms with Crippen LogP contribution in [0.25, 0.3) is 0 Å². The molecule has 1 heterocycles. The second kappa shape index (κ2) is 7.85. The average molecular weight is 348 g/mol. The third-order valence-electron chi connectivity index (χ3n) is 4.40. The summed E-state index contributed by atoms with van der Waals surface area (Å²) in [4.78, 5) is 25.3. The Morgan fingerprint density at radius 2 is 1.85 bits per heavy atom. The van der Waals surface area contributed by atoms with Crippen LogP contribution < -0.4 is 4.74 Å². The minimum absolute atomic E-state index is 0.0576. The highest BCUT2D eigenvalue weighted by Gasteiger charge is 2.39. The summed E-state index contributed by atoms with van der Waals surface area (Å²) in [6.07, 6.45) is -0.328. The van der Waals surface area contributed by atoms with Crippen molar-refractivity contribution in [2.24, 2.45) is 5.92 Å². The van der Waals surface area contributed by atoms with Gasteiger partial charge in [0.2, 0.25) is 0 Å². The molecule has 0 aliphatic carbocycles. The van der Waals surface area contributed by atoms with E-state index in [1.807, 2.05) is 36.4 Å². The van der Waals surface area contributed by atoms with Crippen LogP contribution in [0.2, 0.25) is 0 Å². The number of para-hydroxylation sites is 1. The molecule has 0 spiro atoms. The molecule has 2 atom stereocenters. The van der Waals surface area contributed by atoms with Gasteiger partial charge in [-0.25, -0.2) is 4.79 Å². The number of rotatable bonds is 5. The minimum atomic E-state index is -0.555. The van der Waals surface area contributed by atoms with E-state index in [2.05, 4.69) is 12.3 Å². The molecule has 3 rings (SSSR count). The Kier molecular flexibility index (Phi) is 5.35. The van der Waals surface area contributed by atoms with Crippen molar-refractivity contribution in [2.45, 2.75) is 19.4 Å². The Morgan fingerprint density at radius 1 is 1.15 bits per heavy atom. The van der Waals surface area contributed by atoms with Gasteiger partial charge in [0.15, 0.2) is 5.78 Å². The molecule has 4 heteroatoms. The van der Waals surface area contributed by atoms with Crippen molar-refractivity contribution in [3.05, 3.63) is 83.6 Å². The van der Waals surface area contributed by atoms with Crippen LogP contribution in [-0.2, 0) is 9.53 Å². The third kappa shape index (κ3) is 3.46. The summed E-state index contributed by atoms with van der Waals surface area (Å²) in [6, 6.07) is 16.7. The quantitative estimate of drug-likeness (QED) is 0.460. The highest BCUT2D eigenvalue weighted by Crippen LogP contribution is 2.41. The molecule has 0 bridgehead atoms. The van der Waals surface area contributed by atoms with Crippen LogP contribution in [0.4, 0.5) is 0 Å². The lowest BCUT2D eigenvalue weighted by Gasteiger charge is -2.33. The molecule has 0 fully saturated rings. The summed E-state index contributed by atoms with van der Waals surface area (Å²) >= 11 is 0. The first-order valence-corrected chi connectivity index (χ1v) is 8.56. The van der Waals surface area contributed by atoms with E-state index in [0.29, 0.717) is 11.3 Å². The normalized spacial score (nSPS) is 18.3. The van der Waals surface area contributed by atoms with Crippen molar-refractivity contribution in [2.75, 3.05) is 6.61 Å². The van der Waals surface area contributed by atoms with Crippen molar-refractivity contribution < 1.29 is 19.1 Å². The van der Waals surface area contributed by atoms with Gasteiger partial charge in [-0.1, -0.05) is 49.0 Å². The van der Waals surface area contributed by atoms with Crippen molar-refractivity contribution in [3.8, 4) is 5.75 Å². The van der Waals surface area contributed by atoms with Crippen molar-refractivity contribution in [1.29, 1.82) is 0 Å². The molecule has 0 radical (unpaired) electrons. The number of Topliss-reactive ketones (excluding diaryl/α,β-unsaturated/α-hetero) is 1. The zero-order chi connectivity index (χ0) is 18.5. The number of fused-ring (bicyclic) bond motifs is 1. The maximum Gasteiger partial charge on any atom is 0.341 e. The summed E-state index contributed by atoms with van der Waals surface area (Å²) in [6.45, 7) is 5.57. The summed E-state index contributed by atoms with van der Waals surface area (Å²) in [5.74, 6) is -0.553. The molecule has 0 saturated carbocycles. The molecule has 1 aliphatic heterocycles. The lowest BCUT2D eigenvalue weighted by molar-refractivity contribution is -0.138. The molecule has 2 aromatic carbocycles. The van der Waals surface area contributed by atoms with Crippen molar-refractivity contribution >= 4 is 11.8 Å². The highest BCUT2D eigenvalue weighted by molar-refractivity contribution is 6.02. The maximum absolute atomic E-state index is 13.1. The van der Waals surface area contributed by atoms with E-state index < -0.39 is 18.0 Å². The Hall–Kier alpha value is -3.10. The molecule has 2 aromatic rings. The number of carbonyl (C=O) groups excluding carboxylic acids is 2. The summed E-state index contributed by atoms with van der Waals surface area (Å²) in [5, 5.41) is 0. The summed E-state index contributed by atoms with van der Waals surface area (Å²) < 4.78 is 11.2. The summed E-state index contributed by atoms with van der Waals surface area (Å²) in [5.41, 5.74) is 4.30. The standard InChI is InChI=1S/C22H20O4/c1-3-15(22(24)25-4-2)14-18-20(23)17-12-8-9-13-19(17)26-21(18)16-10-6-5-7-11-16/h5-13,18,21H,1,4,14H2,2H3. The van der Waals surface area contributed by atoms with Crippen molar-refractivity contribution in [1.82, 2.24) is 0 Å². The van der Waals surface area contributed by atoms with E-state index in [1.54, 1.807) is 25.1 Å². The van der Waals surface area contributed by atoms with E-state index >= 15 is 0 Å². The largest absolute Gasteiger partial charge is 0.484 e. The first-order valence-electron chi connectivity index (χ1n) is 8.56. The number of ether oxygens (including phenoxy) is 2. The molecule has 0 saturated heterocycles. The smallest absolute Gasteiger partial charge is 0.341 e. The van der Waals surface area contributed by atoms with Gasteiger partial charge in [-0.3, -0.25) is 4.79 Å². The number of hydrogen-bond acceptors (Lipinski definition) is 4. The number of ketones is 1. The van der Waals surface area contributed by atoms with Crippen LogP contribution in [0.15, 0.2) is 72.5 Å². The SMILES string of the molecule is C=C=C(CC1C(=O)c2ccccc2OC1c1ccccc1)C(=O)OCC. The van der Waals surface area contributed by atoms with Crippen LogP contribution in [0.1, 0.15) is 35.4 Å². The van der Waals surface area contributed by atoms with Gasteiger partial charge >= 0.3 is 5.97 Å². The van der Waals surface area contributed by atoms with Crippen LogP contribution in [0.5, 0.6) is 5.75 Å². The van der Waals surface area contributed by atoms with Crippen LogP contribution in [0.3, 0.4) is 0 Å². The molecule has 2 unspecified atom stereocenters. The second-order valence-electron chi connectivity index (χ2n) is 6.00. The summed E-state index contributed by atoms with van der Waals surface area (Å²) in [7, 11) is 0. The molecular formula is C22H20O4. The van der Waals surface area contributed by atoms with Gasteiger partial charge in [0.05, 0.1) is 23.7 Å². The van der Waals surface area contributed by atoms with Gasteiger partial charge in [-0.2, -0.15) is 0 Å². The Balaban J connectivity index is 2.00. The third-order valence-corrected chi connectivity index (χ3v) is 4.40. The van der Waals surface area contributed by atoms with E-state index in [4.69, 9.17) is 9.47 Å². The number of benzene rings is 2. The Morgan fingerprint density at radius 3 is 2.54 bits per heavy atom. The monoisotopic (exact) mass is 348 g/mol.